The lowest BCUT2D eigenvalue weighted by atomic mass is 10.1. The van der Waals surface area contributed by atoms with Gasteiger partial charge in [0.05, 0.1) is 5.56 Å². The molecular formula is C16H16ClIN2O. The molecule has 0 aliphatic rings. The van der Waals surface area contributed by atoms with E-state index in [1.54, 1.807) is 12.1 Å². The van der Waals surface area contributed by atoms with E-state index >= 15 is 0 Å². The van der Waals surface area contributed by atoms with E-state index in [1.807, 2.05) is 50.2 Å². The van der Waals surface area contributed by atoms with Gasteiger partial charge in [0.15, 0.2) is 0 Å². The average molecular weight is 415 g/mol. The number of carbonyl (C=O) groups is 1. The van der Waals surface area contributed by atoms with Crippen LogP contribution in [0.4, 0.5) is 11.4 Å². The molecular weight excluding hydrogens is 399 g/mol. The van der Waals surface area contributed by atoms with Gasteiger partial charge in [-0.25, -0.2) is 0 Å². The van der Waals surface area contributed by atoms with Crippen LogP contribution in [0, 0.1) is 10.5 Å². The van der Waals surface area contributed by atoms with Crippen molar-refractivity contribution in [1.82, 2.24) is 0 Å². The van der Waals surface area contributed by atoms with E-state index < -0.39 is 0 Å². The second-order valence-corrected chi connectivity index (χ2v) is 6.57. The molecule has 0 aromatic heterocycles. The van der Waals surface area contributed by atoms with Crippen LogP contribution in [0.3, 0.4) is 0 Å². The Hall–Kier alpha value is -1.27. The molecule has 2 aromatic carbocycles. The van der Waals surface area contributed by atoms with Crippen molar-refractivity contribution in [3.05, 3.63) is 56.1 Å². The summed E-state index contributed by atoms with van der Waals surface area (Å²) in [6.07, 6.45) is 0. The van der Waals surface area contributed by atoms with Gasteiger partial charge in [-0.3, -0.25) is 4.79 Å². The molecule has 0 aliphatic carbocycles. The maximum atomic E-state index is 12.4. The van der Waals surface area contributed by atoms with Gasteiger partial charge >= 0.3 is 0 Å². The highest BCUT2D eigenvalue weighted by molar-refractivity contribution is 14.1. The van der Waals surface area contributed by atoms with E-state index in [2.05, 4.69) is 27.9 Å². The number of halogens is 2. The Morgan fingerprint density at radius 2 is 1.90 bits per heavy atom. The SMILES string of the molecule is Cc1ccc(NC(=O)c2cc(Cl)ccc2I)cc1N(C)C. The van der Waals surface area contributed by atoms with Crippen LogP contribution in [-0.4, -0.2) is 20.0 Å². The highest BCUT2D eigenvalue weighted by Gasteiger charge is 2.12. The average Bonchev–Trinajstić information content (AvgIpc) is 2.43. The third kappa shape index (κ3) is 3.89. The van der Waals surface area contributed by atoms with Gasteiger partial charge in [-0.05, 0) is 65.4 Å². The Morgan fingerprint density at radius 3 is 2.57 bits per heavy atom. The van der Waals surface area contributed by atoms with Crippen molar-refractivity contribution in [2.75, 3.05) is 24.3 Å². The van der Waals surface area contributed by atoms with Gasteiger partial charge in [0.2, 0.25) is 0 Å². The molecule has 0 bridgehead atoms. The van der Waals surface area contributed by atoms with Gasteiger partial charge in [-0.2, -0.15) is 0 Å². The van der Waals surface area contributed by atoms with Gasteiger partial charge < -0.3 is 10.2 Å². The zero-order chi connectivity index (χ0) is 15.6. The van der Waals surface area contributed by atoms with Crippen molar-refractivity contribution in [3.8, 4) is 0 Å². The molecule has 110 valence electrons. The lowest BCUT2D eigenvalue weighted by molar-refractivity contribution is 0.102. The topological polar surface area (TPSA) is 32.3 Å². The van der Waals surface area contributed by atoms with Crippen molar-refractivity contribution in [1.29, 1.82) is 0 Å². The van der Waals surface area contributed by atoms with Crippen LogP contribution in [0.1, 0.15) is 15.9 Å². The molecule has 0 heterocycles. The fourth-order valence-electron chi connectivity index (χ4n) is 2.04. The number of nitrogens with one attached hydrogen (secondary N) is 1. The van der Waals surface area contributed by atoms with Crippen LogP contribution < -0.4 is 10.2 Å². The summed E-state index contributed by atoms with van der Waals surface area (Å²) in [6, 6.07) is 11.1. The third-order valence-electron chi connectivity index (χ3n) is 3.12. The molecule has 0 spiro atoms. The maximum absolute atomic E-state index is 12.4. The monoisotopic (exact) mass is 414 g/mol. The zero-order valence-corrected chi connectivity index (χ0v) is 15.0. The number of hydrogen-bond donors (Lipinski definition) is 1. The van der Waals surface area contributed by atoms with Gasteiger partial charge in [0.1, 0.15) is 0 Å². The lowest BCUT2D eigenvalue weighted by Gasteiger charge is -2.17. The van der Waals surface area contributed by atoms with E-state index in [0.29, 0.717) is 10.6 Å². The van der Waals surface area contributed by atoms with Gasteiger partial charge in [0.25, 0.3) is 5.91 Å². The van der Waals surface area contributed by atoms with Crippen molar-refractivity contribution in [3.63, 3.8) is 0 Å². The summed E-state index contributed by atoms with van der Waals surface area (Å²) < 4.78 is 0.870. The third-order valence-corrected chi connectivity index (χ3v) is 4.30. The Kier molecular flexibility index (Phi) is 5.11. The summed E-state index contributed by atoms with van der Waals surface area (Å²) in [5.41, 5.74) is 3.59. The largest absolute Gasteiger partial charge is 0.377 e. The van der Waals surface area contributed by atoms with Crippen LogP contribution in [0.25, 0.3) is 0 Å². The predicted octanol–water partition coefficient (Wildman–Crippen LogP) is 4.57. The fourth-order valence-corrected chi connectivity index (χ4v) is 2.79. The minimum absolute atomic E-state index is 0.157. The number of nitrogens with zero attached hydrogens (tertiary/aromatic N) is 1. The van der Waals surface area contributed by atoms with Gasteiger partial charge in [-0.15, -0.1) is 0 Å². The lowest BCUT2D eigenvalue weighted by Crippen LogP contribution is -2.15. The molecule has 21 heavy (non-hydrogen) atoms. The molecule has 2 aromatic rings. The van der Waals surface area contributed by atoms with Crippen LogP contribution in [-0.2, 0) is 0 Å². The molecule has 0 atom stereocenters. The first-order valence-electron chi connectivity index (χ1n) is 6.43. The molecule has 1 N–H and O–H groups in total. The number of hydrogen-bond acceptors (Lipinski definition) is 2. The summed E-state index contributed by atoms with van der Waals surface area (Å²) in [6.45, 7) is 2.04. The quantitative estimate of drug-likeness (QED) is 0.746. The normalized spacial score (nSPS) is 10.3. The number of amides is 1. The molecule has 0 fully saturated rings. The van der Waals surface area contributed by atoms with Crippen molar-refractivity contribution in [2.45, 2.75) is 6.92 Å². The highest BCUT2D eigenvalue weighted by Crippen LogP contribution is 2.24. The molecule has 2 rings (SSSR count). The summed E-state index contributed by atoms with van der Waals surface area (Å²) in [7, 11) is 3.96. The minimum atomic E-state index is -0.157. The maximum Gasteiger partial charge on any atom is 0.256 e. The number of benzene rings is 2. The number of rotatable bonds is 3. The summed E-state index contributed by atoms with van der Waals surface area (Å²) in [4.78, 5) is 14.4. The van der Waals surface area contributed by atoms with E-state index in [4.69, 9.17) is 11.6 Å². The fraction of sp³-hybridized carbons (Fsp3) is 0.188. The highest BCUT2D eigenvalue weighted by atomic mass is 127. The Bertz CT molecular complexity index is 686. The van der Waals surface area contributed by atoms with E-state index in [1.165, 1.54) is 0 Å². The van der Waals surface area contributed by atoms with Crippen LogP contribution in [0.15, 0.2) is 36.4 Å². The second kappa shape index (κ2) is 6.66. The first-order chi connectivity index (χ1) is 9.88. The zero-order valence-electron chi connectivity index (χ0n) is 12.1. The smallest absolute Gasteiger partial charge is 0.256 e. The van der Waals surface area contributed by atoms with Crippen LogP contribution in [0.2, 0.25) is 5.02 Å². The molecule has 0 saturated carbocycles. The molecule has 0 unspecified atom stereocenters. The number of carbonyl (C=O) groups excluding carboxylic acids is 1. The van der Waals surface area contributed by atoms with Gasteiger partial charge in [0, 0.05) is 34.1 Å². The first-order valence-corrected chi connectivity index (χ1v) is 7.88. The van der Waals surface area contributed by atoms with E-state index in [-0.39, 0.29) is 5.91 Å². The second-order valence-electron chi connectivity index (χ2n) is 4.97. The van der Waals surface area contributed by atoms with Crippen molar-refractivity contribution in [2.24, 2.45) is 0 Å². The standard InChI is InChI=1S/C16H16ClIN2O/c1-10-4-6-12(9-15(10)20(2)3)19-16(21)13-8-11(17)5-7-14(13)18/h4-9H,1-3H3,(H,19,21). The minimum Gasteiger partial charge on any atom is -0.377 e. The Morgan fingerprint density at radius 1 is 1.19 bits per heavy atom. The van der Waals surface area contributed by atoms with Gasteiger partial charge in [-0.1, -0.05) is 17.7 Å². The molecule has 0 aliphatic heterocycles. The molecule has 0 saturated heterocycles. The molecule has 3 nitrogen and oxygen atoms in total. The first kappa shape index (κ1) is 16.1. The summed E-state index contributed by atoms with van der Waals surface area (Å²) >= 11 is 8.09. The Labute approximate surface area is 143 Å². The summed E-state index contributed by atoms with van der Waals surface area (Å²) in [5.74, 6) is -0.157. The van der Waals surface area contributed by atoms with E-state index in [0.717, 1.165) is 20.5 Å². The van der Waals surface area contributed by atoms with Crippen molar-refractivity contribution >= 4 is 51.5 Å². The molecule has 0 radical (unpaired) electrons. The molecule has 5 heteroatoms. The van der Waals surface area contributed by atoms with Crippen molar-refractivity contribution < 1.29 is 4.79 Å². The Balaban J connectivity index is 2.27. The molecule has 1 amide bonds. The van der Waals surface area contributed by atoms with Crippen LogP contribution >= 0.6 is 34.2 Å². The number of anilines is 2. The van der Waals surface area contributed by atoms with E-state index in [9.17, 15) is 4.79 Å². The predicted molar refractivity (Wildman–Crippen MR) is 97.6 cm³/mol. The summed E-state index contributed by atoms with van der Waals surface area (Å²) in [5, 5.41) is 3.47. The van der Waals surface area contributed by atoms with Crippen LogP contribution in [0.5, 0.6) is 0 Å². The number of aryl methyl sites for hydroxylation is 1.